The molecule has 0 aliphatic rings. The molecular formula is C17H16F3NO3. The van der Waals surface area contributed by atoms with E-state index in [0.717, 1.165) is 11.6 Å². The van der Waals surface area contributed by atoms with Crippen LogP contribution in [0, 0.1) is 24.4 Å². The molecule has 0 unspecified atom stereocenters. The highest BCUT2D eigenvalue weighted by molar-refractivity contribution is 5.94. The summed E-state index contributed by atoms with van der Waals surface area (Å²) in [5.74, 6) is -4.37. The Morgan fingerprint density at radius 3 is 2.29 bits per heavy atom. The number of benzene rings is 2. The molecule has 2 aromatic rings. The van der Waals surface area contributed by atoms with Crippen molar-refractivity contribution in [3.05, 3.63) is 58.4 Å². The molecule has 4 nitrogen and oxygen atoms in total. The molecule has 0 heterocycles. The molecule has 0 spiro atoms. The van der Waals surface area contributed by atoms with Gasteiger partial charge in [0.2, 0.25) is 0 Å². The fraction of sp³-hybridized carbons (Fsp3) is 0.235. The van der Waals surface area contributed by atoms with Gasteiger partial charge < -0.3 is 14.8 Å². The van der Waals surface area contributed by atoms with Crippen LogP contribution in [-0.2, 0) is 6.54 Å². The minimum atomic E-state index is -1.68. The quantitative estimate of drug-likeness (QED) is 0.850. The normalized spacial score (nSPS) is 10.4. The first-order valence-corrected chi connectivity index (χ1v) is 7.02. The van der Waals surface area contributed by atoms with Crippen molar-refractivity contribution in [3.63, 3.8) is 0 Å². The van der Waals surface area contributed by atoms with E-state index < -0.39 is 28.9 Å². The topological polar surface area (TPSA) is 47.6 Å². The average molecular weight is 339 g/mol. The first-order valence-electron chi connectivity index (χ1n) is 7.02. The van der Waals surface area contributed by atoms with Crippen LogP contribution in [0.2, 0.25) is 0 Å². The minimum absolute atomic E-state index is 0.0590. The van der Waals surface area contributed by atoms with Crippen LogP contribution < -0.4 is 14.8 Å². The molecule has 0 saturated heterocycles. The van der Waals surface area contributed by atoms with E-state index >= 15 is 0 Å². The first-order chi connectivity index (χ1) is 11.4. The second-order valence-corrected chi connectivity index (χ2v) is 5.04. The molecule has 0 aromatic heterocycles. The molecular weight excluding hydrogens is 323 g/mol. The number of carbonyl (C=O) groups is 1. The summed E-state index contributed by atoms with van der Waals surface area (Å²) in [5.41, 5.74) is 0.967. The molecule has 0 bridgehead atoms. The summed E-state index contributed by atoms with van der Waals surface area (Å²) in [6.07, 6.45) is 0. The van der Waals surface area contributed by atoms with Gasteiger partial charge in [0.05, 0.1) is 19.8 Å². The molecule has 2 aromatic carbocycles. The van der Waals surface area contributed by atoms with E-state index in [-0.39, 0.29) is 6.54 Å². The summed E-state index contributed by atoms with van der Waals surface area (Å²) in [6, 6.07) is 5.01. The van der Waals surface area contributed by atoms with Crippen LogP contribution in [0.25, 0.3) is 0 Å². The van der Waals surface area contributed by atoms with Crippen molar-refractivity contribution in [2.24, 2.45) is 0 Å². The van der Waals surface area contributed by atoms with E-state index in [1.807, 2.05) is 6.92 Å². The zero-order chi connectivity index (χ0) is 17.9. The second-order valence-electron chi connectivity index (χ2n) is 5.04. The second kappa shape index (κ2) is 7.25. The van der Waals surface area contributed by atoms with Gasteiger partial charge in [0.1, 0.15) is 0 Å². The van der Waals surface area contributed by atoms with Gasteiger partial charge in [-0.3, -0.25) is 4.79 Å². The van der Waals surface area contributed by atoms with Gasteiger partial charge in [-0.05, 0) is 42.3 Å². The number of aryl methyl sites for hydroxylation is 1. The predicted molar refractivity (Wildman–Crippen MR) is 81.8 cm³/mol. The van der Waals surface area contributed by atoms with Gasteiger partial charge >= 0.3 is 0 Å². The first kappa shape index (κ1) is 17.7. The van der Waals surface area contributed by atoms with Gasteiger partial charge in [0.25, 0.3) is 5.91 Å². The summed E-state index contributed by atoms with van der Waals surface area (Å²) >= 11 is 0. The largest absolute Gasteiger partial charge is 0.493 e. The lowest BCUT2D eigenvalue weighted by Crippen LogP contribution is -2.24. The van der Waals surface area contributed by atoms with Crippen LogP contribution >= 0.6 is 0 Å². The zero-order valence-corrected chi connectivity index (χ0v) is 13.4. The number of hydrogen-bond acceptors (Lipinski definition) is 3. The molecule has 0 radical (unpaired) electrons. The number of rotatable bonds is 5. The molecule has 0 fully saturated rings. The Kier molecular flexibility index (Phi) is 5.33. The summed E-state index contributed by atoms with van der Waals surface area (Å²) < 4.78 is 50.1. The van der Waals surface area contributed by atoms with E-state index in [4.69, 9.17) is 9.47 Å². The third-order valence-corrected chi connectivity index (χ3v) is 3.56. The average Bonchev–Trinajstić information content (AvgIpc) is 2.58. The van der Waals surface area contributed by atoms with Crippen LogP contribution in [0.5, 0.6) is 11.5 Å². The van der Waals surface area contributed by atoms with Gasteiger partial charge in [0.15, 0.2) is 29.0 Å². The highest BCUT2D eigenvalue weighted by atomic mass is 19.2. The van der Waals surface area contributed by atoms with Gasteiger partial charge in [-0.2, -0.15) is 0 Å². The number of methoxy groups -OCH3 is 2. The molecule has 24 heavy (non-hydrogen) atoms. The Labute approximate surface area is 137 Å². The molecule has 7 heteroatoms. The number of amides is 1. The Morgan fingerprint density at radius 2 is 1.67 bits per heavy atom. The fourth-order valence-corrected chi connectivity index (χ4v) is 2.19. The summed E-state index contributed by atoms with van der Waals surface area (Å²) in [6.45, 7) is 1.87. The van der Waals surface area contributed by atoms with Crippen molar-refractivity contribution in [3.8, 4) is 11.5 Å². The molecule has 2 rings (SSSR count). The van der Waals surface area contributed by atoms with Crippen molar-refractivity contribution < 1.29 is 27.4 Å². The van der Waals surface area contributed by atoms with Crippen molar-refractivity contribution in [2.45, 2.75) is 13.5 Å². The molecule has 128 valence electrons. The van der Waals surface area contributed by atoms with Crippen molar-refractivity contribution >= 4 is 5.91 Å². The molecule has 0 aliphatic carbocycles. The van der Waals surface area contributed by atoms with E-state index in [0.29, 0.717) is 23.1 Å². The maximum absolute atomic E-state index is 13.6. The lowest BCUT2D eigenvalue weighted by molar-refractivity contribution is 0.0945. The number of ether oxygens (including phenoxy) is 2. The zero-order valence-electron chi connectivity index (χ0n) is 13.4. The molecule has 1 amide bonds. The number of hydrogen-bond donors (Lipinski definition) is 1. The smallest absolute Gasteiger partial charge is 0.254 e. The standard InChI is InChI=1S/C17H16F3NO3/c1-9-6-13(23-2)14(24-3)7-10(9)8-21-17(22)11-4-5-12(18)16(20)15(11)19/h4-7H,8H2,1-3H3,(H,21,22). The van der Waals surface area contributed by atoms with Crippen LogP contribution in [0.4, 0.5) is 13.2 Å². The Morgan fingerprint density at radius 1 is 1.04 bits per heavy atom. The SMILES string of the molecule is COc1cc(C)c(CNC(=O)c2ccc(F)c(F)c2F)cc1OC. The monoisotopic (exact) mass is 339 g/mol. The summed E-state index contributed by atoms with van der Waals surface area (Å²) in [7, 11) is 2.98. The van der Waals surface area contributed by atoms with E-state index in [1.54, 1.807) is 12.1 Å². The Hall–Kier alpha value is -2.70. The molecule has 1 N–H and O–H groups in total. The third kappa shape index (κ3) is 3.45. The van der Waals surface area contributed by atoms with E-state index in [1.165, 1.54) is 14.2 Å². The third-order valence-electron chi connectivity index (χ3n) is 3.56. The highest BCUT2D eigenvalue weighted by Gasteiger charge is 2.19. The van der Waals surface area contributed by atoms with E-state index in [2.05, 4.69) is 5.32 Å². The molecule has 0 aliphatic heterocycles. The van der Waals surface area contributed by atoms with Gasteiger partial charge in [-0.15, -0.1) is 0 Å². The van der Waals surface area contributed by atoms with Crippen LogP contribution in [0.3, 0.4) is 0 Å². The Bertz CT molecular complexity index is 778. The van der Waals surface area contributed by atoms with Gasteiger partial charge in [-0.25, -0.2) is 13.2 Å². The lowest BCUT2D eigenvalue weighted by atomic mass is 10.1. The van der Waals surface area contributed by atoms with Crippen molar-refractivity contribution in [2.75, 3.05) is 14.2 Å². The maximum Gasteiger partial charge on any atom is 0.254 e. The molecule has 0 saturated carbocycles. The number of carbonyl (C=O) groups excluding carboxylic acids is 1. The van der Waals surface area contributed by atoms with Crippen LogP contribution in [0.15, 0.2) is 24.3 Å². The number of halogens is 3. The lowest BCUT2D eigenvalue weighted by Gasteiger charge is -2.13. The predicted octanol–water partition coefficient (Wildman–Crippen LogP) is 3.36. The van der Waals surface area contributed by atoms with E-state index in [9.17, 15) is 18.0 Å². The highest BCUT2D eigenvalue weighted by Crippen LogP contribution is 2.30. The minimum Gasteiger partial charge on any atom is -0.493 e. The molecule has 0 atom stereocenters. The summed E-state index contributed by atoms with van der Waals surface area (Å²) in [5, 5.41) is 2.47. The van der Waals surface area contributed by atoms with Crippen molar-refractivity contribution in [1.82, 2.24) is 5.32 Å². The summed E-state index contributed by atoms with van der Waals surface area (Å²) in [4.78, 5) is 12.0. The van der Waals surface area contributed by atoms with Gasteiger partial charge in [0, 0.05) is 6.54 Å². The maximum atomic E-state index is 13.6. The van der Waals surface area contributed by atoms with Crippen LogP contribution in [0.1, 0.15) is 21.5 Å². The Balaban J connectivity index is 2.19. The number of nitrogens with one attached hydrogen (secondary N) is 1. The van der Waals surface area contributed by atoms with Crippen molar-refractivity contribution in [1.29, 1.82) is 0 Å². The van der Waals surface area contributed by atoms with Crippen LogP contribution in [-0.4, -0.2) is 20.1 Å². The fourth-order valence-electron chi connectivity index (χ4n) is 2.19. The van der Waals surface area contributed by atoms with Gasteiger partial charge in [-0.1, -0.05) is 0 Å².